The fourth-order valence-corrected chi connectivity index (χ4v) is 4.16. The average Bonchev–Trinajstić information content (AvgIpc) is 2.87. The lowest BCUT2D eigenvalue weighted by Gasteiger charge is -2.38. The topological polar surface area (TPSA) is 48.5 Å². The standard InChI is InChI=1S/C26H27F3N4O/c1-19(25(34)31-24(20-8-4-2-5-9-20)21-10-6-3-7-11-21)32-14-16-33(17-15-32)23-13-12-22(18-30-23)26(27,28)29/h2-13,18-19,24H,14-17H2,1H3,(H,31,34)/t19-/m0/s1. The number of alkyl halides is 3. The Bertz CT molecular complexity index is 1030. The molecule has 1 aliphatic heterocycles. The molecule has 0 bridgehead atoms. The van der Waals surface area contributed by atoms with Crippen LogP contribution in [0.1, 0.15) is 29.7 Å². The molecule has 2 aromatic carbocycles. The first kappa shape index (κ1) is 23.8. The number of nitrogens with one attached hydrogen (secondary N) is 1. The lowest BCUT2D eigenvalue weighted by atomic mass is 9.98. The Morgan fingerprint density at radius 1 is 0.882 bits per heavy atom. The number of hydrogen-bond acceptors (Lipinski definition) is 4. The summed E-state index contributed by atoms with van der Waals surface area (Å²) in [4.78, 5) is 21.2. The number of halogens is 3. The lowest BCUT2D eigenvalue weighted by molar-refractivity contribution is -0.137. The summed E-state index contributed by atoms with van der Waals surface area (Å²) in [6, 6.07) is 21.6. The van der Waals surface area contributed by atoms with Gasteiger partial charge in [0.2, 0.25) is 5.91 Å². The highest BCUT2D eigenvalue weighted by Gasteiger charge is 2.32. The van der Waals surface area contributed by atoms with Crippen LogP contribution in [0.2, 0.25) is 0 Å². The fourth-order valence-electron chi connectivity index (χ4n) is 4.16. The van der Waals surface area contributed by atoms with Gasteiger partial charge in [-0.25, -0.2) is 4.98 Å². The van der Waals surface area contributed by atoms with E-state index in [0.717, 1.165) is 23.4 Å². The molecule has 5 nitrogen and oxygen atoms in total. The number of amides is 1. The minimum atomic E-state index is -4.40. The molecular weight excluding hydrogens is 441 g/mol. The molecule has 1 amide bonds. The molecule has 0 aliphatic carbocycles. The van der Waals surface area contributed by atoms with Crippen molar-refractivity contribution in [3.05, 3.63) is 95.7 Å². The lowest BCUT2D eigenvalue weighted by Crippen LogP contribution is -2.54. The molecule has 4 rings (SSSR count). The Balaban J connectivity index is 1.38. The number of rotatable bonds is 6. The van der Waals surface area contributed by atoms with E-state index in [9.17, 15) is 18.0 Å². The molecule has 1 aliphatic rings. The van der Waals surface area contributed by atoms with Gasteiger partial charge in [0, 0.05) is 32.4 Å². The highest BCUT2D eigenvalue weighted by molar-refractivity contribution is 5.82. The Hall–Kier alpha value is -3.39. The number of benzene rings is 2. The minimum absolute atomic E-state index is 0.0705. The Morgan fingerprint density at radius 2 is 1.44 bits per heavy atom. The summed E-state index contributed by atoms with van der Waals surface area (Å²) < 4.78 is 38.4. The minimum Gasteiger partial charge on any atom is -0.354 e. The highest BCUT2D eigenvalue weighted by Crippen LogP contribution is 2.29. The summed E-state index contributed by atoms with van der Waals surface area (Å²) >= 11 is 0. The van der Waals surface area contributed by atoms with Gasteiger partial charge in [-0.15, -0.1) is 0 Å². The molecule has 1 fully saturated rings. The van der Waals surface area contributed by atoms with Gasteiger partial charge in [-0.2, -0.15) is 13.2 Å². The number of aromatic nitrogens is 1. The maximum absolute atomic E-state index is 13.2. The van der Waals surface area contributed by atoms with Crippen LogP contribution in [0.15, 0.2) is 79.0 Å². The number of pyridine rings is 1. The van der Waals surface area contributed by atoms with Gasteiger partial charge in [0.15, 0.2) is 0 Å². The first-order valence-electron chi connectivity index (χ1n) is 11.3. The molecule has 8 heteroatoms. The van der Waals surface area contributed by atoms with Crippen molar-refractivity contribution in [3.63, 3.8) is 0 Å². The average molecular weight is 469 g/mol. The van der Waals surface area contributed by atoms with Crippen LogP contribution in [0.4, 0.5) is 19.0 Å². The first-order valence-corrected chi connectivity index (χ1v) is 11.3. The van der Waals surface area contributed by atoms with Crippen LogP contribution in [0.3, 0.4) is 0 Å². The summed E-state index contributed by atoms with van der Waals surface area (Å²) in [7, 11) is 0. The second kappa shape index (κ2) is 10.3. The Morgan fingerprint density at radius 3 is 1.91 bits per heavy atom. The third kappa shape index (κ3) is 5.56. The van der Waals surface area contributed by atoms with E-state index in [4.69, 9.17) is 0 Å². The van der Waals surface area contributed by atoms with Crippen molar-refractivity contribution in [1.82, 2.24) is 15.2 Å². The van der Waals surface area contributed by atoms with E-state index in [-0.39, 0.29) is 18.0 Å². The van der Waals surface area contributed by atoms with Crippen LogP contribution in [-0.4, -0.2) is 48.0 Å². The molecule has 0 unspecified atom stereocenters. The Labute approximate surface area is 197 Å². The zero-order valence-corrected chi connectivity index (χ0v) is 18.9. The number of nitrogens with zero attached hydrogens (tertiary/aromatic N) is 3. The molecule has 1 saturated heterocycles. The molecule has 1 N–H and O–H groups in total. The molecule has 178 valence electrons. The molecule has 2 heterocycles. The Kier molecular flexibility index (Phi) is 7.17. The van der Waals surface area contributed by atoms with Crippen molar-refractivity contribution in [2.24, 2.45) is 0 Å². The van der Waals surface area contributed by atoms with Gasteiger partial charge in [-0.1, -0.05) is 60.7 Å². The summed E-state index contributed by atoms with van der Waals surface area (Å²) in [6.45, 7) is 4.26. The second-order valence-electron chi connectivity index (χ2n) is 8.36. The normalized spacial score (nSPS) is 15.9. The van der Waals surface area contributed by atoms with Crippen LogP contribution in [0, 0.1) is 0 Å². The molecule has 0 spiro atoms. The molecule has 1 aromatic heterocycles. The summed E-state index contributed by atoms with van der Waals surface area (Å²) in [5, 5.41) is 3.20. The van der Waals surface area contributed by atoms with E-state index in [1.54, 1.807) is 0 Å². The third-order valence-corrected chi connectivity index (χ3v) is 6.19. The molecule has 34 heavy (non-hydrogen) atoms. The number of carbonyl (C=O) groups is 1. The third-order valence-electron chi connectivity index (χ3n) is 6.19. The van der Waals surface area contributed by atoms with Gasteiger partial charge in [-0.3, -0.25) is 9.69 Å². The quantitative estimate of drug-likeness (QED) is 0.578. The predicted octanol–water partition coefficient (Wildman–Crippen LogP) is 4.52. The fraction of sp³-hybridized carbons (Fsp3) is 0.308. The van der Waals surface area contributed by atoms with E-state index in [1.807, 2.05) is 72.5 Å². The van der Waals surface area contributed by atoms with Gasteiger partial charge in [0.05, 0.1) is 17.6 Å². The van der Waals surface area contributed by atoms with Gasteiger partial charge < -0.3 is 10.2 Å². The van der Waals surface area contributed by atoms with Gasteiger partial charge in [-0.05, 0) is 30.2 Å². The smallest absolute Gasteiger partial charge is 0.354 e. The summed E-state index contributed by atoms with van der Waals surface area (Å²) in [5.41, 5.74) is 1.26. The van der Waals surface area contributed by atoms with Crippen molar-refractivity contribution >= 4 is 11.7 Å². The molecule has 0 radical (unpaired) electrons. The molecule has 3 aromatic rings. The van der Waals surface area contributed by atoms with E-state index in [1.165, 1.54) is 6.07 Å². The summed E-state index contributed by atoms with van der Waals surface area (Å²) in [6.07, 6.45) is -3.53. The van der Waals surface area contributed by atoms with Gasteiger partial charge in [0.1, 0.15) is 5.82 Å². The van der Waals surface area contributed by atoms with E-state index >= 15 is 0 Å². The summed E-state index contributed by atoms with van der Waals surface area (Å²) in [5.74, 6) is 0.441. The van der Waals surface area contributed by atoms with Crippen molar-refractivity contribution in [2.75, 3.05) is 31.1 Å². The van der Waals surface area contributed by atoms with Crippen molar-refractivity contribution in [2.45, 2.75) is 25.2 Å². The number of carbonyl (C=O) groups excluding carboxylic acids is 1. The largest absolute Gasteiger partial charge is 0.417 e. The van der Waals surface area contributed by atoms with Gasteiger partial charge >= 0.3 is 6.18 Å². The van der Waals surface area contributed by atoms with E-state index in [2.05, 4.69) is 15.2 Å². The maximum Gasteiger partial charge on any atom is 0.417 e. The highest BCUT2D eigenvalue weighted by atomic mass is 19.4. The van der Waals surface area contributed by atoms with Crippen molar-refractivity contribution in [1.29, 1.82) is 0 Å². The van der Waals surface area contributed by atoms with Crippen molar-refractivity contribution < 1.29 is 18.0 Å². The monoisotopic (exact) mass is 468 g/mol. The SMILES string of the molecule is C[C@@H](C(=O)NC(c1ccccc1)c1ccccc1)N1CCN(c2ccc(C(F)(F)F)cn2)CC1. The zero-order valence-electron chi connectivity index (χ0n) is 18.9. The van der Waals surface area contributed by atoms with Crippen LogP contribution in [-0.2, 0) is 11.0 Å². The first-order chi connectivity index (χ1) is 16.3. The van der Waals surface area contributed by atoms with Crippen LogP contribution in [0.5, 0.6) is 0 Å². The van der Waals surface area contributed by atoms with Crippen molar-refractivity contribution in [3.8, 4) is 0 Å². The van der Waals surface area contributed by atoms with Crippen LogP contribution in [0.25, 0.3) is 0 Å². The maximum atomic E-state index is 13.2. The van der Waals surface area contributed by atoms with Gasteiger partial charge in [0.25, 0.3) is 0 Å². The van der Waals surface area contributed by atoms with Crippen LogP contribution < -0.4 is 10.2 Å². The second-order valence-corrected chi connectivity index (χ2v) is 8.36. The molecule has 0 saturated carbocycles. The molecular formula is C26H27F3N4O. The van der Waals surface area contributed by atoms with E-state index < -0.39 is 11.7 Å². The molecule has 1 atom stereocenters. The predicted molar refractivity (Wildman–Crippen MR) is 125 cm³/mol. The van der Waals surface area contributed by atoms with Crippen LogP contribution >= 0.6 is 0 Å². The number of hydrogen-bond donors (Lipinski definition) is 1. The zero-order chi connectivity index (χ0) is 24.1. The number of piperazine rings is 1. The van der Waals surface area contributed by atoms with E-state index in [0.29, 0.717) is 32.0 Å². The number of anilines is 1.